The predicted molar refractivity (Wildman–Crippen MR) is 103 cm³/mol. The lowest BCUT2D eigenvalue weighted by molar-refractivity contribution is -0.121. The Balaban J connectivity index is 1.33. The molecular weight excluding hydrogens is 359 g/mol. The number of nitrogens with zero attached hydrogens (tertiary/aromatic N) is 2. The molecule has 0 bridgehead atoms. The van der Waals surface area contributed by atoms with E-state index in [0.29, 0.717) is 38.0 Å². The van der Waals surface area contributed by atoms with E-state index in [-0.39, 0.29) is 18.0 Å². The van der Waals surface area contributed by atoms with Crippen molar-refractivity contribution < 1.29 is 14.0 Å². The summed E-state index contributed by atoms with van der Waals surface area (Å²) in [6, 6.07) is 15.1. The van der Waals surface area contributed by atoms with Crippen LogP contribution in [-0.4, -0.2) is 41.6 Å². The molecule has 6 nitrogen and oxygen atoms in total. The molecule has 28 heavy (non-hydrogen) atoms. The van der Waals surface area contributed by atoms with Crippen LogP contribution in [0.4, 0.5) is 14.9 Å². The lowest BCUT2D eigenvalue weighted by atomic mass is 9.97. The van der Waals surface area contributed by atoms with Crippen LogP contribution in [0, 0.1) is 5.82 Å². The molecule has 1 unspecified atom stereocenters. The second-order valence-corrected chi connectivity index (χ2v) is 7.30. The van der Waals surface area contributed by atoms with Crippen LogP contribution in [0.25, 0.3) is 0 Å². The number of likely N-dealkylation sites (tertiary alicyclic amines) is 1. The van der Waals surface area contributed by atoms with Gasteiger partial charge in [-0.05, 0) is 30.2 Å². The van der Waals surface area contributed by atoms with E-state index in [1.807, 2.05) is 30.3 Å². The van der Waals surface area contributed by atoms with Crippen molar-refractivity contribution in [2.24, 2.45) is 0 Å². The molecule has 0 aliphatic carbocycles. The Kier molecular flexibility index (Phi) is 5.00. The number of benzene rings is 2. The van der Waals surface area contributed by atoms with E-state index in [4.69, 9.17) is 0 Å². The molecule has 4 rings (SSSR count). The van der Waals surface area contributed by atoms with Crippen molar-refractivity contribution >= 4 is 17.6 Å². The van der Waals surface area contributed by atoms with Crippen LogP contribution in [0.3, 0.4) is 0 Å². The van der Waals surface area contributed by atoms with Gasteiger partial charge in [0.15, 0.2) is 0 Å². The van der Waals surface area contributed by atoms with Crippen molar-refractivity contribution in [1.29, 1.82) is 0 Å². The molecule has 0 saturated carbocycles. The molecule has 7 heteroatoms. The Morgan fingerprint density at radius 1 is 1.18 bits per heavy atom. The second kappa shape index (κ2) is 7.59. The fraction of sp³-hybridized carbons (Fsp3) is 0.333. The van der Waals surface area contributed by atoms with Crippen LogP contribution in [0.2, 0.25) is 0 Å². The number of hydrogen-bond donors (Lipinski definition) is 2. The number of hydrogen-bond acceptors (Lipinski definition) is 3. The molecule has 1 atom stereocenters. The summed E-state index contributed by atoms with van der Waals surface area (Å²) >= 11 is 0. The van der Waals surface area contributed by atoms with Gasteiger partial charge in [-0.3, -0.25) is 10.1 Å². The molecule has 2 aromatic rings. The molecule has 2 aliphatic heterocycles. The fourth-order valence-corrected chi connectivity index (χ4v) is 3.80. The minimum atomic E-state index is -0.591. The normalized spacial score (nSPS) is 20.8. The standard InChI is InChI=1S/C21H22FN4O2/c22-16-7-4-8-17(14-16)23-20(28)26-11-9-21(10-12-26)24-18(19(27)25-21)13-15-5-2-1-3-6-15/h1-8,14,18,24H,9-13H2,(H,23,28). The Labute approximate surface area is 163 Å². The Morgan fingerprint density at radius 2 is 1.93 bits per heavy atom. The van der Waals surface area contributed by atoms with Crippen LogP contribution >= 0.6 is 0 Å². The number of halogens is 1. The maximum atomic E-state index is 13.3. The highest BCUT2D eigenvalue weighted by Crippen LogP contribution is 2.27. The van der Waals surface area contributed by atoms with Crippen molar-refractivity contribution in [3.05, 3.63) is 66.0 Å². The van der Waals surface area contributed by atoms with E-state index >= 15 is 0 Å². The summed E-state index contributed by atoms with van der Waals surface area (Å²) < 4.78 is 13.3. The zero-order valence-corrected chi connectivity index (χ0v) is 15.4. The first kappa shape index (κ1) is 18.4. The summed E-state index contributed by atoms with van der Waals surface area (Å²) in [4.78, 5) is 26.5. The molecule has 2 fully saturated rings. The number of urea groups is 1. The highest BCUT2D eigenvalue weighted by Gasteiger charge is 2.47. The molecule has 145 valence electrons. The van der Waals surface area contributed by atoms with E-state index in [2.05, 4.69) is 16.0 Å². The third-order valence-corrected chi connectivity index (χ3v) is 5.30. The molecule has 1 spiro atoms. The largest absolute Gasteiger partial charge is 0.324 e. The Bertz CT molecular complexity index is 866. The van der Waals surface area contributed by atoms with Gasteiger partial charge in [-0.25, -0.2) is 14.5 Å². The van der Waals surface area contributed by atoms with E-state index in [0.717, 1.165) is 5.56 Å². The minimum absolute atomic E-state index is 0.124. The average molecular weight is 381 g/mol. The summed E-state index contributed by atoms with van der Waals surface area (Å²) in [6.07, 6.45) is 1.75. The van der Waals surface area contributed by atoms with Gasteiger partial charge in [-0.2, -0.15) is 0 Å². The number of anilines is 1. The molecule has 0 aromatic heterocycles. The molecule has 2 heterocycles. The van der Waals surface area contributed by atoms with Crippen LogP contribution in [-0.2, 0) is 11.2 Å². The maximum Gasteiger partial charge on any atom is 0.321 e. The minimum Gasteiger partial charge on any atom is -0.324 e. The van der Waals surface area contributed by atoms with Gasteiger partial charge < -0.3 is 10.2 Å². The van der Waals surface area contributed by atoms with Crippen LogP contribution in [0.15, 0.2) is 54.6 Å². The smallest absolute Gasteiger partial charge is 0.321 e. The fourth-order valence-electron chi connectivity index (χ4n) is 3.80. The van der Waals surface area contributed by atoms with Crippen molar-refractivity contribution in [1.82, 2.24) is 15.5 Å². The van der Waals surface area contributed by atoms with Crippen molar-refractivity contribution in [2.75, 3.05) is 18.4 Å². The summed E-state index contributed by atoms with van der Waals surface area (Å²) in [6.45, 7) is 0.950. The van der Waals surface area contributed by atoms with Crippen molar-refractivity contribution in [3.63, 3.8) is 0 Å². The first-order chi connectivity index (χ1) is 13.5. The monoisotopic (exact) mass is 381 g/mol. The van der Waals surface area contributed by atoms with Crippen molar-refractivity contribution in [2.45, 2.75) is 31.0 Å². The number of piperidine rings is 1. The summed E-state index contributed by atoms with van der Waals surface area (Å²) in [7, 11) is 0. The van der Waals surface area contributed by atoms with Gasteiger partial charge in [0.25, 0.3) is 5.91 Å². The van der Waals surface area contributed by atoms with Crippen LogP contribution < -0.4 is 16.0 Å². The molecule has 2 N–H and O–H groups in total. The first-order valence-electron chi connectivity index (χ1n) is 9.43. The van der Waals surface area contributed by atoms with Gasteiger partial charge in [0, 0.05) is 31.6 Å². The lowest BCUT2D eigenvalue weighted by Crippen LogP contribution is -2.56. The Morgan fingerprint density at radius 3 is 2.64 bits per heavy atom. The molecule has 3 amide bonds. The average Bonchev–Trinajstić information content (AvgIpc) is 2.98. The summed E-state index contributed by atoms with van der Waals surface area (Å²) in [5.41, 5.74) is 0.922. The van der Waals surface area contributed by atoms with Gasteiger partial charge in [-0.1, -0.05) is 36.4 Å². The number of amides is 3. The number of rotatable bonds is 3. The highest BCUT2D eigenvalue weighted by molar-refractivity contribution is 5.89. The van der Waals surface area contributed by atoms with E-state index in [9.17, 15) is 14.0 Å². The van der Waals surface area contributed by atoms with Gasteiger partial charge in [0.1, 0.15) is 11.5 Å². The summed E-state index contributed by atoms with van der Waals surface area (Å²) in [5.74, 6) is -0.520. The zero-order chi connectivity index (χ0) is 19.6. The molecule has 2 saturated heterocycles. The maximum absolute atomic E-state index is 13.3. The van der Waals surface area contributed by atoms with E-state index in [1.54, 1.807) is 17.0 Å². The number of carbonyl (C=O) groups excluding carboxylic acids is 2. The van der Waals surface area contributed by atoms with Gasteiger partial charge >= 0.3 is 6.03 Å². The summed E-state index contributed by atoms with van der Waals surface area (Å²) in [5, 5.41) is 10.5. The third kappa shape index (κ3) is 3.99. The molecule has 2 aromatic carbocycles. The first-order valence-corrected chi connectivity index (χ1v) is 9.43. The van der Waals surface area contributed by atoms with Crippen LogP contribution in [0.1, 0.15) is 18.4 Å². The molecular formula is C21H22FN4O2. The van der Waals surface area contributed by atoms with Crippen LogP contribution in [0.5, 0.6) is 0 Å². The van der Waals surface area contributed by atoms with E-state index < -0.39 is 11.5 Å². The highest BCUT2D eigenvalue weighted by atomic mass is 19.1. The number of carbonyl (C=O) groups is 2. The van der Waals surface area contributed by atoms with Gasteiger partial charge in [-0.15, -0.1) is 0 Å². The molecule has 2 aliphatic rings. The topological polar surface area (TPSA) is 75.5 Å². The third-order valence-electron chi connectivity index (χ3n) is 5.30. The lowest BCUT2D eigenvalue weighted by Gasteiger charge is -2.38. The SMILES string of the molecule is O=C1[N]C2(CCN(C(=O)Nc3cccc(F)c3)CC2)NC1Cc1ccccc1. The zero-order valence-electron chi connectivity index (χ0n) is 15.4. The number of nitrogens with one attached hydrogen (secondary N) is 2. The van der Waals surface area contributed by atoms with Gasteiger partial charge in [0.2, 0.25) is 0 Å². The second-order valence-electron chi connectivity index (χ2n) is 7.30. The molecule has 1 radical (unpaired) electrons. The van der Waals surface area contributed by atoms with Gasteiger partial charge in [0.05, 0.1) is 6.04 Å². The Hall–Kier alpha value is -2.93. The van der Waals surface area contributed by atoms with Crippen molar-refractivity contribution in [3.8, 4) is 0 Å². The predicted octanol–water partition coefficient (Wildman–Crippen LogP) is 2.50. The van der Waals surface area contributed by atoms with E-state index in [1.165, 1.54) is 12.1 Å². The quantitative estimate of drug-likeness (QED) is 0.858.